The Bertz CT molecular complexity index is 1420. The molecule has 0 radical (unpaired) electrons. The number of pyridine rings is 1. The predicted octanol–water partition coefficient (Wildman–Crippen LogP) is 2.97. The summed E-state index contributed by atoms with van der Waals surface area (Å²) in [5.74, 6) is 0.151. The number of piperidine rings is 1. The van der Waals surface area contributed by atoms with Crippen LogP contribution in [0.2, 0.25) is 0 Å². The number of anilines is 2. The topological polar surface area (TPSA) is 91.7 Å². The fraction of sp³-hybridized carbons (Fsp3) is 0.308. The van der Waals surface area contributed by atoms with Crippen molar-refractivity contribution in [2.24, 2.45) is 5.92 Å². The molecule has 2 aliphatic heterocycles. The maximum absolute atomic E-state index is 13.2. The van der Waals surface area contributed by atoms with Crippen LogP contribution in [0.15, 0.2) is 76.4 Å². The summed E-state index contributed by atoms with van der Waals surface area (Å²) in [6, 6.07) is 18.9. The molecule has 1 saturated heterocycles. The summed E-state index contributed by atoms with van der Waals surface area (Å²) in [5, 5.41) is 0. The summed E-state index contributed by atoms with van der Waals surface area (Å²) < 4.78 is 29.6. The van der Waals surface area contributed by atoms with Crippen LogP contribution in [-0.4, -0.2) is 51.0 Å². The lowest BCUT2D eigenvalue weighted by Crippen LogP contribution is -2.49. The molecule has 5 rings (SSSR count). The van der Waals surface area contributed by atoms with Crippen molar-refractivity contribution in [1.29, 1.82) is 0 Å². The fourth-order valence-corrected chi connectivity index (χ4v) is 6.16. The van der Waals surface area contributed by atoms with Crippen molar-refractivity contribution in [3.8, 4) is 0 Å². The largest absolute Gasteiger partial charge is 0.378 e. The molecule has 2 atom stereocenters. The molecule has 3 aromatic rings. The van der Waals surface area contributed by atoms with Gasteiger partial charge in [0, 0.05) is 56.6 Å². The molecule has 182 valence electrons. The third-order valence-electron chi connectivity index (χ3n) is 6.82. The number of nitrogens with one attached hydrogen (secondary N) is 1. The van der Waals surface area contributed by atoms with E-state index in [2.05, 4.69) is 4.72 Å². The molecule has 0 spiro atoms. The average molecular weight is 493 g/mol. The Kier molecular flexibility index (Phi) is 5.88. The summed E-state index contributed by atoms with van der Waals surface area (Å²) in [4.78, 5) is 30.4. The first-order chi connectivity index (χ1) is 16.7. The number of aromatic nitrogens is 1. The van der Waals surface area contributed by atoms with Crippen molar-refractivity contribution in [3.63, 3.8) is 0 Å². The highest BCUT2D eigenvalue weighted by atomic mass is 32.2. The Morgan fingerprint density at radius 2 is 1.66 bits per heavy atom. The van der Waals surface area contributed by atoms with Crippen molar-refractivity contribution in [3.05, 3.63) is 88.3 Å². The smallest absolute Gasteiger partial charge is 0.275 e. The fourth-order valence-electron chi connectivity index (χ4n) is 5.08. The monoisotopic (exact) mass is 492 g/mol. The normalized spacial score (nSPS) is 19.1. The highest BCUT2D eigenvalue weighted by Crippen LogP contribution is 2.36. The van der Waals surface area contributed by atoms with E-state index in [0.29, 0.717) is 25.2 Å². The van der Waals surface area contributed by atoms with Crippen LogP contribution in [0.25, 0.3) is 0 Å². The Balaban J connectivity index is 1.37. The van der Waals surface area contributed by atoms with Gasteiger partial charge in [-0.15, -0.1) is 0 Å². The van der Waals surface area contributed by atoms with Crippen LogP contribution in [-0.2, 0) is 16.6 Å². The zero-order chi connectivity index (χ0) is 24.7. The van der Waals surface area contributed by atoms with Crippen LogP contribution in [0, 0.1) is 5.92 Å². The van der Waals surface area contributed by atoms with E-state index >= 15 is 0 Å². The summed E-state index contributed by atoms with van der Waals surface area (Å²) in [5.41, 5.74) is 2.21. The van der Waals surface area contributed by atoms with Gasteiger partial charge in [-0.1, -0.05) is 18.2 Å². The van der Waals surface area contributed by atoms with E-state index in [1.54, 1.807) is 22.8 Å². The Morgan fingerprint density at radius 1 is 0.943 bits per heavy atom. The minimum Gasteiger partial charge on any atom is -0.378 e. The average Bonchev–Trinajstić information content (AvgIpc) is 2.86. The molecular formula is C26H28N4O4S. The first-order valence-corrected chi connectivity index (χ1v) is 13.1. The van der Waals surface area contributed by atoms with Gasteiger partial charge in [0.15, 0.2) is 0 Å². The molecule has 1 aromatic heterocycles. The number of rotatable bonds is 5. The summed E-state index contributed by atoms with van der Waals surface area (Å²) in [6.45, 7) is 1.55. The van der Waals surface area contributed by atoms with Crippen molar-refractivity contribution >= 4 is 27.3 Å². The van der Waals surface area contributed by atoms with Crippen LogP contribution < -0.4 is 15.2 Å². The van der Waals surface area contributed by atoms with Crippen LogP contribution >= 0.6 is 0 Å². The third-order valence-corrected chi connectivity index (χ3v) is 8.20. The minimum atomic E-state index is -3.86. The molecule has 35 heavy (non-hydrogen) atoms. The number of hydrogen-bond acceptors (Lipinski definition) is 5. The van der Waals surface area contributed by atoms with Gasteiger partial charge in [-0.05, 0) is 60.9 Å². The minimum absolute atomic E-state index is 0.00644. The van der Waals surface area contributed by atoms with Crippen LogP contribution in [0.1, 0.15) is 28.4 Å². The maximum atomic E-state index is 13.2. The molecule has 1 amide bonds. The highest BCUT2D eigenvalue weighted by molar-refractivity contribution is 7.92. The van der Waals surface area contributed by atoms with E-state index < -0.39 is 10.0 Å². The van der Waals surface area contributed by atoms with Gasteiger partial charge in [0.05, 0.1) is 4.90 Å². The third kappa shape index (κ3) is 4.43. The quantitative estimate of drug-likeness (QED) is 0.591. The molecule has 1 fully saturated rings. The van der Waals surface area contributed by atoms with E-state index in [9.17, 15) is 18.0 Å². The second-order valence-corrected chi connectivity index (χ2v) is 11.1. The van der Waals surface area contributed by atoms with Crippen LogP contribution in [0.3, 0.4) is 0 Å². The second-order valence-electron chi connectivity index (χ2n) is 9.46. The molecule has 9 heteroatoms. The van der Waals surface area contributed by atoms with E-state index in [-0.39, 0.29) is 33.9 Å². The number of nitrogens with zero attached hydrogens (tertiary/aromatic N) is 3. The SMILES string of the molecule is CN(C)c1ccc(C(=O)N2CC3CC(C2)c2ccc(NS(=O)(=O)c4ccccc4)c(=O)n2C3)cc1. The van der Waals surface area contributed by atoms with Gasteiger partial charge in [-0.3, -0.25) is 14.3 Å². The molecule has 0 aliphatic carbocycles. The van der Waals surface area contributed by atoms with Crippen molar-refractivity contribution < 1.29 is 13.2 Å². The number of likely N-dealkylation sites (tertiary alicyclic amines) is 1. The van der Waals surface area contributed by atoms with Crippen molar-refractivity contribution in [2.45, 2.75) is 23.8 Å². The van der Waals surface area contributed by atoms with Gasteiger partial charge in [-0.2, -0.15) is 0 Å². The molecule has 2 aromatic carbocycles. The summed E-state index contributed by atoms with van der Waals surface area (Å²) in [7, 11) is 0.0573. The molecule has 8 nitrogen and oxygen atoms in total. The molecule has 3 heterocycles. The molecule has 2 bridgehead atoms. The molecule has 2 aliphatic rings. The summed E-state index contributed by atoms with van der Waals surface area (Å²) >= 11 is 0. The molecular weight excluding hydrogens is 464 g/mol. The van der Waals surface area contributed by atoms with E-state index in [1.807, 2.05) is 54.2 Å². The Morgan fingerprint density at radius 3 is 2.34 bits per heavy atom. The van der Waals surface area contributed by atoms with Crippen molar-refractivity contribution in [1.82, 2.24) is 9.47 Å². The van der Waals surface area contributed by atoms with E-state index in [4.69, 9.17) is 0 Å². The Labute approximate surface area is 204 Å². The zero-order valence-electron chi connectivity index (χ0n) is 19.7. The molecule has 1 N–H and O–H groups in total. The lowest BCUT2D eigenvalue weighted by Gasteiger charge is -2.43. The summed E-state index contributed by atoms with van der Waals surface area (Å²) in [6.07, 6.45) is 0.901. The predicted molar refractivity (Wildman–Crippen MR) is 135 cm³/mol. The van der Waals surface area contributed by atoms with Gasteiger partial charge >= 0.3 is 0 Å². The maximum Gasteiger partial charge on any atom is 0.275 e. The van der Waals surface area contributed by atoms with Gasteiger partial charge in [-0.25, -0.2) is 8.42 Å². The van der Waals surface area contributed by atoms with Gasteiger partial charge < -0.3 is 14.4 Å². The number of carbonyl (C=O) groups excluding carboxylic acids is 1. The number of fused-ring (bicyclic) bond motifs is 4. The van der Waals surface area contributed by atoms with E-state index in [1.165, 1.54) is 18.2 Å². The molecule has 2 unspecified atom stereocenters. The lowest BCUT2D eigenvalue weighted by molar-refractivity contribution is 0.0594. The zero-order valence-corrected chi connectivity index (χ0v) is 20.5. The molecule has 0 saturated carbocycles. The first kappa shape index (κ1) is 23.2. The number of sulfonamides is 1. The first-order valence-electron chi connectivity index (χ1n) is 11.6. The van der Waals surface area contributed by atoms with Crippen molar-refractivity contribution in [2.75, 3.05) is 36.8 Å². The van der Waals surface area contributed by atoms with Crippen LogP contribution in [0.4, 0.5) is 11.4 Å². The number of carbonyl (C=O) groups is 1. The standard InChI is InChI=1S/C26H28N4O4S/c1-28(2)21-10-8-19(9-11-21)25(31)29-15-18-14-20(17-29)24-13-12-23(26(32)30(24)16-18)27-35(33,34)22-6-4-3-5-7-22/h3-13,18,20,27H,14-17H2,1-2H3. The number of benzene rings is 2. The number of amides is 1. The van der Waals surface area contributed by atoms with Gasteiger partial charge in [0.1, 0.15) is 5.69 Å². The van der Waals surface area contributed by atoms with Crippen LogP contribution in [0.5, 0.6) is 0 Å². The number of hydrogen-bond donors (Lipinski definition) is 1. The van der Waals surface area contributed by atoms with E-state index in [0.717, 1.165) is 17.8 Å². The van der Waals surface area contributed by atoms with Gasteiger partial charge in [0.25, 0.3) is 21.5 Å². The highest BCUT2D eigenvalue weighted by Gasteiger charge is 2.37. The van der Waals surface area contributed by atoms with Gasteiger partial charge in [0.2, 0.25) is 0 Å². The lowest BCUT2D eigenvalue weighted by atomic mass is 9.83. The second kappa shape index (κ2) is 8.88. The Hall–Kier alpha value is -3.59.